The van der Waals surface area contributed by atoms with Gasteiger partial charge in [-0.1, -0.05) is 18.2 Å². The highest BCUT2D eigenvalue weighted by Crippen LogP contribution is 2.31. The summed E-state index contributed by atoms with van der Waals surface area (Å²) in [6, 6.07) is 13.3. The first-order valence-corrected chi connectivity index (χ1v) is 9.21. The normalized spacial score (nSPS) is 14.0. The van der Waals surface area contributed by atoms with E-state index >= 15 is 0 Å². The number of para-hydroxylation sites is 2. The highest BCUT2D eigenvalue weighted by atomic mass is 16.6. The molecule has 0 aromatic heterocycles. The van der Waals surface area contributed by atoms with E-state index < -0.39 is 10.8 Å². The molecule has 0 atom stereocenters. The molecule has 30 heavy (non-hydrogen) atoms. The number of benzene rings is 2. The number of methoxy groups -OCH3 is 1. The Morgan fingerprint density at radius 1 is 1.30 bits per heavy atom. The third-order valence-electron chi connectivity index (χ3n) is 4.58. The van der Waals surface area contributed by atoms with E-state index in [1.54, 1.807) is 36.4 Å². The Labute approximate surface area is 173 Å². The Balaban J connectivity index is 1.87. The summed E-state index contributed by atoms with van der Waals surface area (Å²) in [5.74, 6) is -0.185. The smallest absolute Gasteiger partial charge is 0.293 e. The minimum atomic E-state index is -0.637. The number of nitrogens with one attached hydrogen (secondary N) is 1. The lowest BCUT2D eigenvalue weighted by Gasteiger charge is -2.28. The molecule has 3 rings (SSSR count). The van der Waals surface area contributed by atoms with Gasteiger partial charge in [-0.25, -0.2) is 0 Å². The molecule has 9 nitrogen and oxygen atoms in total. The Hall–Kier alpha value is -3.90. The Morgan fingerprint density at radius 3 is 2.70 bits per heavy atom. The summed E-state index contributed by atoms with van der Waals surface area (Å²) in [5, 5.41) is 23.6. The number of ether oxygens (including phenoxy) is 2. The second-order valence-electron chi connectivity index (χ2n) is 6.43. The van der Waals surface area contributed by atoms with Crippen LogP contribution < -0.4 is 15.0 Å². The minimum Gasteiger partial charge on any atom is -0.495 e. The molecule has 1 saturated heterocycles. The van der Waals surface area contributed by atoms with Crippen LogP contribution in [0.1, 0.15) is 5.56 Å². The van der Waals surface area contributed by atoms with E-state index in [-0.39, 0.29) is 11.3 Å². The van der Waals surface area contributed by atoms with E-state index in [0.717, 1.165) is 0 Å². The topological polar surface area (TPSA) is 118 Å². The monoisotopic (exact) mass is 408 g/mol. The maximum absolute atomic E-state index is 12.5. The van der Waals surface area contributed by atoms with Crippen LogP contribution in [0.15, 0.2) is 48.0 Å². The van der Waals surface area contributed by atoms with Gasteiger partial charge in [0.05, 0.1) is 30.9 Å². The van der Waals surface area contributed by atoms with Crippen LogP contribution >= 0.6 is 0 Å². The summed E-state index contributed by atoms with van der Waals surface area (Å²) in [6.45, 7) is 2.11. The maximum atomic E-state index is 12.5. The van der Waals surface area contributed by atoms with Crippen LogP contribution in [0.4, 0.5) is 17.1 Å². The fraction of sp³-hybridized carbons (Fsp3) is 0.238. The molecule has 0 radical (unpaired) electrons. The second-order valence-corrected chi connectivity index (χ2v) is 6.43. The van der Waals surface area contributed by atoms with E-state index in [1.165, 1.54) is 19.3 Å². The van der Waals surface area contributed by atoms with E-state index in [9.17, 15) is 20.2 Å². The van der Waals surface area contributed by atoms with Gasteiger partial charge in [-0.3, -0.25) is 14.9 Å². The number of hydrogen-bond donors (Lipinski definition) is 1. The third kappa shape index (κ3) is 4.74. The number of nitrogens with zero attached hydrogens (tertiary/aromatic N) is 3. The van der Waals surface area contributed by atoms with Gasteiger partial charge in [0.2, 0.25) is 0 Å². The van der Waals surface area contributed by atoms with Gasteiger partial charge in [-0.2, -0.15) is 5.26 Å². The number of nitro groups is 1. The molecule has 0 bridgehead atoms. The van der Waals surface area contributed by atoms with E-state index in [1.807, 2.05) is 11.0 Å². The minimum absolute atomic E-state index is 0.0897. The molecule has 0 spiro atoms. The van der Waals surface area contributed by atoms with Gasteiger partial charge in [0.15, 0.2) is 0 Å². The summed E-state index contributed by atoms with van der Waals surface area (Å²) in [7, 11) is 1.47. The van der Waals surface area contributed by atoms with Crippen LogP contribution in [0.3, 0.4) is 0 Å². The summed E-state index contributed by atoms with van der Waals surface area (Å²) in [6.07, 6.45) is 1.32. The number of nitriles is 1. The van der Waals surface area contributed by atoms with Gasteiger partial charge in [-0.15, -0.1) is 0 Å². The molecule has 0 aliphatic carbocycles. The van der Waals surface area contributed by atoms with Crippen molar-refractivity contribution in [1.29, 1.82) is 5.26 Å². The van der Waals surface area contributed by atoms with Crippen molar-refractivity contribution in [1.82, 2.24) is 0 Å². The van der Waals surface area contributed by atoms with E-state index in [0.29, 0.717) is 49.0 Å². The predicted molar refractivity (Wildman–Crippen MR) is 111 cm³/mol. The standard InChI is InChI=1S/C21H20N4O5/c1-29-20-5-3-2-4-17(20)23-21(26)16(14-22)12-15-6-7-18(19(13-15)25(27)28)24-8-10-30-11-9-24/h2-7,12-13H,8-11H2,1H3,(H,23,26)/b16-12-. The van der Waals surface area contributed by atoms with Gasteiger partial charge in [0.1, 0.15) is 23.1 Å². The number of amides is 1. The molecule has 1 heterocycles. The Morgan fingerprint density at radius 2 is 2.03 bits per heavy atom. The first kappa shape index (κ1) is 20.8. The lowest BCUT2D eigenvalue weighted by Crippen LogP contribution is -2.36. The highest BCUT2D eigenvalue weighted by molar-refractivity contribution is 6.10. The molecule has 1 aliphatic rings. The molecule has 2 aromatic carbocycles. The van der Waals surface area contributed by atoms with E-state index in [2.05, 4.69) is 5.32 Å². The van der Waals surface area contributed by atoms with E-state index in [4.69, 9.17) is 9.47 Å². The number of carbonyl (C=O) groups is 1. The van der Waals surface area contributed by atoms with Crippen molar-refractivity contribution in [2.75, 3.05) is 43.6 Å². The summed E-state index contributed by atoms with van der Waals surface area (Å²) < 4.78 is 10.5. The average Bonchev–Trinajstić information content (AvgIpc) is 2.78. The van der Waals surface area contributed by atoms with Crippen molar-refractivity contribution in [3.8, 4) is 11.8 Å². The number of nitro benzene ring substituents is 1. The molecule has 2 aromatic rings. The summed E-state index contributed by atoms with van der Waals surface area (Å²) in [4.78, 5) is 25.5. The van der Waals surface area contributed by atoms with Crippen LogP contribution in [0.2, 0.25) is 0 Å². The Kier molecular flexibility index (Phi) is 6.62. The third-order valence-corrected chi connectivity index (χ3v) is 4.58. The zero-order chi connectivity index (χ0) is 21.5. The van der Waals surface area contributed by atoms with Crippen LogP contribution in [-0.4, -0.2) is 44.2 Å². The van der Waals surface area contributed by atoms with Gasteiger partial charge in [0, 0.05) is 19.2 Å². The molecule has 1 amide bonds. The second kappa shape index (κ2) is 9.54. The predicted octanol–water partition coefficient (Wildman–Crippen LogP) is 2.99. The average molecular weight is 408 g/mol. The molecular weight excluding hydrogens is 388 g/mol. The zero-order valence-corrected chi connectivity index (χ0v) is 16.3. The fourth-order valence-corrected chi connectivity index (χ4v) is 3.10. The molecule has 1 aliphatic heterocycles. The van der Waals surface area contributed by atoms with Crippen molar-refractivity contribution >= 4 is 29.0 Å². The van der Waals surface area contributed by atoms with Crippen molar-refractivity contribution in [2.45, 2.75) is 0 Å². The largest absolute Gasteiger partial charge is 0.495 e. The maximum Gasteiger partial charge on any atom is 0.293 e. The lowest BCUT2D eigenvalue weighted by atomic mass is 10.1. The molecule has 0 unspecified atom stereocenters. The van der Waals surface area contributed by atoms with Gasteiger partial charge in [0.25, 0.3) is 11.6 Å². The van der Waals surface area contributed by atoms with Crippen molar-refractivity contribution in [3.05, 3.63) is 63.7 Å². The quantitative estimate of drug-likeness (QED) is 0.338. The first-order valence-electron chi connectivity index (χ1n) is 9.21. The SMILES string of the molecule is COc1ccccc1NC(=O)/C(C#N)=C\c1ccc(N2CCOCC2)c([N+](=O)[O-])c1. The lowest BCUT2D eigenvalue weighted by molar-refractivity contribution is -0.384. The van der Waals surface area contributed by atoms with Crippen LogP contribution in [0, 0.1) is 21.4 Å². The van der Waals surface area contributed by atoms with Crippen LogP contribution in [-0.2, 0) is 9.53 Å². The molecule has 1 N–H and O–H groups in total. The number of rotatable bonds is 6. The molecule has 1 fully saturated rings. The first-order chi connectivity index (χ1) is 14.5. The fourth-order valence-electron chi connectivity index (χ4n) is 3.10. The van der Waals surface area contributed by atoms with Crippen molar-refractivity contribution < 1.29 is 19.2 Å². The number of carbonyl (C=O) groups excluding carboxylic acids is 1. The highest BCUT2D eigenvalue weighted by Gasteiger charge is 2.22. The van der Waals surface area contributed by atoms with Gasteiger partial charge in [-0.05, 0) is 29.8 Å². The summed E-state index contributed by atoms with van der Waals surface area (Å²) >= 11 is 0. The molecular formula is C21H20N4O5. The number of anilines is 2. The van der Waals surface area contributed by atoms with Crippen molar-refractivity contribution in [2.24, 2.45) is 0 Å². The number of morpholine rings is 1. The Bertz CT molecular complexity index is 1020. The number of hydrogen-bond acceptors (Lipinski definition) is 7. The van der Waals surface area contributed by atoms with Gasteiger partial charge < -0.3 is 19.7 Å². The van der Waals surface area contributed by atoms with Crippen LogP contribution in [0.25, 0.3) is 6.08 Å². The summed E-state index contributed by atoms with van der Waals surface area (Å²) in [5.41, 5.74) is 1.00. The molecule has 154 valence electrons. The molecule has 0 saturated carbocycles. The zero-order valence-electron chi connectivity index (χ0n) is 16.3. The van der Waals surface area contributed by atoms with Crippen molar-refractivity contribution in [3.63, 3.8) is 0 Å². The van der Waals surface area contributed by atoms with Crippen LogP contribution in [0.5, 0.6) is 5.75 Å². The van der Waals surface area contributed by atoms with Gasteiger partial charge >= 0.3 is 0 Å². The molecule has 9 heteroatoms.